The number of carbonyl (C=O) groups excluding carboxylic acids is 1. The molecule has 0 aliphatic rings. The van der Waals surface area contributed by atoms with Crippen molar-refractivity contribution in [2.45, 2.75) is 0 Å². The predicted molar refractivity (Wildman–Crippen MR) is 36.6 cm³/mol. The van der Waals surface area contributed by atoms with Crippen LogP contribution in [-0.4, -0.2) is 20.2 Å². The highest BCUT2D eigenvalue weighted by Gasteiger charge is 2.09. The van der Waals surface area contributed by atoms with E-state index in [9.17, 15) is 4.79 Å². The van der Waals surface area contributed by atoms with E-state index in [2.05, 4.69) is 4.74 Å². The van der Waals surface area contributed by atoms with E-state index in [4.69, 9.17) is 9.15 Å². The fourth-order valence-corrected chi connectivity index (χ4v) is 0.648. The normalized spacial score (nSPS) is 9.27. The van der Waals surface area contributed by atoms with Gasteiger partial charge in [-0.3, -0.25) is 0 Å². The second-order valence-corrected chi connectivity index (χ2v) is 1.85. The number of esters is 1. The van der Waals surface area contributed by atoms with Gasteiger partial charge in [-0.05, 0) is 0 Å². The third-order valence-electron chi connectivity index (χ3n) is 1.20. The standard InChI is InChI=1S/C7H8O4/c1-9-6-3-5(4-11-6)7(8)10-2/h3-4H,1-2H3. The monoisotopic (exact) mass is 156 g/mol. The summed E-state index contributed by atoms with van der Waals surface area (Å²) in [5.41, 5.74) is 0.351. The lowest BCUT2D eigenvalue weighted by molar-refractivity contribution is 0.0600. The molecule has 1 aromatic rings. The first-order valence-corrected chi connectivity index (χ1v) is 2.98. The summed E-state index contributed by atoms with van der Waals surface area (Å²) in [6, 6.07) is 1.46. The lowest BCUT2D eigenvalue weighted by atomic mass is 10.3. The highest BCUT2D eigenvalue weighted by molar-refractivity contribution is 5.89. The maximum Gasteiger partial charge on any atom is 0.341 e. The number of rotatable bonds is 2. The summed E-state index contributed by atoms with van der Waals surface area (Å²) in [7, 11) is 2.77. The van der Waals surface area contributed by atoms with Crippen molar-refractivity contribution in [3.8, 4) is 5.95 Å². The highest BCUT2D eigenvalue weighted by Crippen LogP contribution is 2.15. The Balaban J connectivity index is 2.80. The quantitative estimate of drug-likeness (QED) is 0.601. The van der Waals surface area contributed by atoms with Crippen LogP contribution in [0.15, 0.2) is 16.7 Å². The van der Waals surface area contributed by atoms with Crippen molar-refractivity contribution >= 4 is 5.97 Å². The van der Waals surface area contributed by atoms with Gasteiger partial charge in [0.2, 0.25) is 0 Å². The molecule has 0 saturated carbocycles. The number of furan rings is 1. The summed E-state index contributed by atoms with van der Waals surface area (Å²) in [6.45, 7) is 0. The molecule has 0 bridgehead atoms. The minimum atomic E-state index is -0.433. The van der Waals surface area contributed by atoms with Crippen molar-refractivity contribution in [3.63, 3.8) is 0 Å². The average molecular weight is 156 g/mol. The SMILES string of the molecule is COC(=O)c1coc(OC)c1. The molecule has 0 spiro atoms. The van der Waals surface area contributed by atoms with E-state index in [1.807, 2.05) is 0 Å². The summed E-state index contributed by atoms with van der Waals surface area (Å²) in [5.74, 6) is -0.137. The molecule has 4 heteroatoms. The fraction of sp³-hybridized carbons (Fsp3) is 0.286. The Morgan fingerprint density at radius 1 is 1.55 bits per heavy atom. The number of hydrogen-bond donors (Lipinski definition) is 0. The zero-order chi connectivity index (χ0) is 8.27. The van der Waals surface area contributed by atoms with Crippen molar-refractivity contribution in [3.05, 3.63) is 17.9 Å². The van der Waals surface area contributed by atoms with Gasteiger partial charge in [0.15, 0.2) is 0 Å². The van der Waals surface area contributed by atoms with Crippen molar-refractivity contribution in [2.75, 3.05) is 14.2 Å². The van der Waals surface area contributed by atoms with Crippen LogP contribution in [0.3, 0.4) is 0 Å². The Labute approximate surface area is 63.7 Å². The van der Waals surface area contributed by atoms with E-state index in [-0.39, 0.29) is 0 Å². The number of carbonyl (C=O) groups is 1. The largest absolute Gasteiger partial charge is 0.468 e. The number of ether oxygens (including phenoxy) is 2. The van der Waals surface area contributed by atoms with Gasteiger partial charge in [-0.2, -0.15) is 0 Å². The Morgan fingerprint density at radius 2 is 2.27 bits per heavy atom. The molecular weight excluding hydrogens is 148 g/mol. The van der Waals surface area contributed by atoms with Gasteiger partial charge >= 0.3 is 5.97 Å². The van der Waals surface area contributed by atoms with Crippen molar-refractivity contribution in [1.29, 1.82) is 0 Å². The molecule has 0 radical (unpaired) electrons. The first-order valence-electron chi connectivity index (χ1n) is 2.98. The summed E-state index contributed by atoms with van der Waals surface area (Å²) in [5, 5.41) is 0. The highest BCUT2D eigenvalue weighted by atomic mass is 16.6. The minimum Gasteiger partial charge on any atom is -0.468 e. The average Bonchev–Trinajstić information content (AvgIpc) is 2.50. The topological polar surface area (TPSA) is 48.7 Å². The maximum atomic E-state index is 10.8. The Hall–Kier alpha value is -1.45. The van der Waals surface area contributed by atoms with Gasteiger partial charge in [0.1, 0.15) is 11.8 Å². The molecule has 0 aliphatic carbocycles. The van der Waals surface area contributed by atoms with Gasteiger partial charge in [0, 0.05) is 6.07 Å². The lowest BCUT2D eigenvalue weighted by Crippen LogP contribution is -1.98. The first kappa shape index (κ1) is 7.65. The molecule has 0 aliphatic heterocycles. The second kappa shape index (κ2) is 3.09. The van der Waals surface area contributed by atoms with Crippen molar-refractivity contribution < 1.29 is 18.7 Å². The predicted octanol–water partition coefficient (Wildman–Crippen LogP) is 1.07. The molecule has 60 valence electrons. The molecule has 1 aromatic heterocycles. The molecule has 0 fully saturated rings. The Morgan fingerprint density at radius 3 is 2.73 bits per heavy atom. The molecule has 0 aromatic carbocycles. The zero-order valence-electron chi connectivity index (χ0n) is 6.29. The van der Waals surface area contributed by atoms with Crippen LogP contribution in [0, 0.1) is 0 Å². The molecule has 0 amide bonds. The first-order chi connectivity index (χ1) is 5.27. The maximum absolute atomic E-state index is 10.8. The van der Waals surface area contributed by atoms with E-state index < -0.39 is 5.97 Å². The Kier molecular flexibility index (Phi) is 2.15. The van der Waals surface area contributed by atoms with E-state index in [1.54, 1.807) is 0 Å². The van der Waals surface area contributed by atoms with Crippen LogP contribution >= 0.6 is 0 Å². The Bertz CT molecular complexity index is 251. The second-order valence-electron chi connectivity index (χ2n) is 1.85. The number of methoxy groups -OCH3 is 2. The summed E-state index contributed by atoms with van der Waals surface area (Å²) >= 11 is 0. The van der Waals surface area contributed by atoms with Crippen LogP contribution in [0.25, 0.3) is 0 Å². The summed E-state index contributed by atoms with van der Waals surface area (Å²) in [6.07, 6.45) is 1.28. The fourth-order valence-electron chi connectivity index (χ4n) is 0.648. The van der Waals surface area contributed by atoms with Gasteiger partial charge in [-0.25, -0.2) is 4.79 Å². The molecule has 4 nitrogen and oxygen atoms in total. The summed E-state index contributed by atoms with van der Waals surface area (Å²) < 4.78 is 14.0. The lowest BCUT2D eigenvalue weighted by Gasteiger charge is -1.90. The van der Waals surface area contributed by atoms with Crippen LogP contribution < -0.4 is 4.74 Å². The van der Waals surface area contributed by atoms with Crippen LogP contribution in [-0.2, 0) is 4.74 Å². The van der Waals surface area contributed by atoms with Crippen LogP contribution in [0.4, 0.5) is 0 Å². The van der Waals surface area contributed by atoms with E-state index in [1.165, 1.54) is 26.5 Å². The minimum absolute atomic E-state index is 0.297. The summed E-state index contributed by atoms with van der Waals surface area (Å²) in [4.78, 5) is 10.8. The van der Waals surface area contributed by atoms with Crippen molar-refractivity contribution in [2.24, 2.45) is 0 Å². The molecule has 0 N–H and O–H groups in total. The van der Waals surface area contributed by atoms with Gasteiger partial charge in [-0.1, -0.05) is 0 Å². The van der Waals surface area contributed by atoms with Crippen LogP contribution in [0.2, 0.25) is 0 Å². The zero-order valence-corrected chi connectivity index (χ0v) is 6.29. The molecule has 1 rings (SSSR count). The van der Waals surface area contributed by atoms with Crippen LogP contribution in [0.1, 0.15) is 10.4 Å². The molecule has 0 saturated heterocycles. The molecule has 1 heterocycles. The third kappa shape index (κ3) is 1.52. The van der Waals surface area contributed by atoms with Gasteiger partial charge in [0.05, 0.1) is 14.2 Å². The molecular formula is C7H8O4. The van der Waals surface area contributed by atoms with Gasteiger partial charge < -0.3 is 13.9 Å². The van der Waals surface area contributed by atoms with Crippen LogP contribution in [0.5, 0.6) is 5.95 Å². The van der Waals surface area contributed by atoms with Crippen molar-refractivity contribution in [1.82, 2.24) is 0 Å². The number of hydrogen-bond acceptors (Lipinski definition) is 4. The molecule has 11 heavy (non-hydrogen) atoms. The third-order valence-corrected chi connectivity index (χ3v) is 1.20. The van der Waals surface area contributed by atoms with E-state index in [0.29, 0.717) is 11.5 Å². The smallest absolute Gasteiger partial charge is 0.341 e. The van der Waals surface area contributed by atoms with E-state index in [0.717, 1.165) is 0 Å². The van der Waals surface area contributed by atoms with E-state index >= 15 is 0 Å². The van der Waals surface area contributed by atoms with Gasteiger partial charge in [0.25, 0.3) is 5.95 Å². The molecule has 0 unspecified atom stereocenters. The van der Waals surface area contributed by atoms with Gasteiger partial charge in [-0.15, -0.1) is 0 Å². The molecule has 0 atom stereocenters.